The zero-order valence-electron chi connectivity index (χ0n) is 17.4. The first-order chi connectivity index (χ1) is 14.7. The van der Waals surface area contributed by atoms with Gasteiger partial charge in [0.25, 0.3) is 5.56 Å². The van der Waals surface area contributed by atoms with Gasteiger partial charge in [0.2, 0.25) is 15.7 Å². The SMILES string of the molecule is CCc1cccc(NC(=O)CSc2ncc(S(=O)(=O)c3cc(C)ccc3C)c(=O)[nH]2)c1. The van der Waals surface area contributed by atoms with Crippen molar-refractivity contribution in [2.45, 2.75) is 42.1 Å². The number of hydrogen-bond donors (Lipinski definition) is 2. The van der Waals surface area contributed by atoms with Crippen LogP contribution in [0.5, 0.6) is 0 Å². The Morgan fingerprint density at radius 1 is 1.13 bits per heavy atom. The molecule has 0 radical (unpaired) electrons. The molecule has 0 saturated heterocycles. The molecule has 0 spiro atoms. The lowest BCUT2D eigenvalue weighted by atomic mass is 10.1. The van der Waals surface area contributed by atoms with E-state index in [-0.39, 0.29) is 21.7 Å². The minimum absolute atomic E-state index is 0.0162. The van der Waals surface area contributed by atoms with Gasteiger partial charge in [0.05, 0.1) is 16.8 Å². The van der Waals surface area contributed by atoms with Crippen molar-refractivity contribution in [1.29, 1.82) is 0 Å². The van der Waals surface area contributed by atoms with E-state index in [9.17, 15) is 18.0 Å². The molecule has 0 aliphatic rings. The molecule has 1 heterocycles. The number of anilines is 1. The van der Waals surface area contributed by atoms with Gasteiger partial charge in [-0.15, -0.1) is 0 Å². The highest BCUT2D eigenvalue weighted by molar-refractivity contribution is 7.99. The van der Waals surface area contributed by atoms with E-state index in [4.69, 9.17) is 0 Å². The van der Waals surface area contributed by atoms with Gasteiger partial charge in [0, 0.05) is 5.69 Å². The van der Waals surface area contributed by atoms with E-state index in [2.05, 4.69) is 15.3 Å². The summed E-state index contributed by atoms with van der Waals surface area (Å²) in [7, 11) is -4.01. The van der Waals surface area contributed by atoms with E-state index < -0.39 is 20.3 Å². The summed E-state index contributed by atoms with van der Waals surface area (Å²) in [6.07, 6.45) is 1.90. The summed E-state index contributed by atoms with van der Waals surface area (Å²) < 4.78 is 25.9. The molecule has 0 saturated carbocycles. The van der Waals surface area contributed by atoms with Gasteiger partial charge in [0.15, 0.2) is 10.1 Å². The summed E-state index contributed by atoms with van der Waals surface area (Å²) in [4.78, 5) is 30.8. The van der Waals surface area contributed by atoms with E-state index in [0.717, 1.165) is 35.5 Å². The van der Waals surface area contributed by atoms with Crippen LogP contribution < -0.4 is 10.9 Å². The van der Waals surface area contributed by atoms with Gasteiger partial charge in [-0.25, -0.2) is 13.4 Å². The maximum Gasteiger partial charge on any atom is 0.270 e. The molecule has 31 heavy (non-hydrogen) atoms. The van der Waals surface area contributed by atoms with Crippen molar-refractivity contribution < 1.29 is 13.2 Å². The van der Waals surface area contributed by atoms with Crippen LogP contribution in [0.2, 0.25) is 0 Å². The fourth-order valence-corrected chi connectivity index (χ4v) is 5.14. The molecule has 0 fully saturated rings. The second kappa shape index (κ2) is 9.49. The van der Waals surface area contributed by atoms with Gasteiger partial charge in [-0.05, 0) is 55.2 Å². The molecule has 0 unspecified atom stereocenters. The molecule has 2 N–H and O–H groups in total. The minimum Gasteiger partial charge on any atom is -0.325 e. The van der Waals surface area contributed by atoms with Gasteiger partial charge in [-0.1, -0.05) is 43.0 Å². The van der Waals surface area contributed by atoms with E-state index in [0.29, 0.717) is 11.3 Å². The topological polar surface area (TPSA) is 109 Å². The fraction of sp³-hybridized carbons (Fsp3) is 0.227. The smallest absolute Gasteiger partial charge is 0.270 e. The Kier molecular flexibility index (Phi) is 6.97. The zero-order valence-corrected chi connectivity index (χ0v) is 19.1. The summed E-state index contributed by atoms with van der Waals surface area (Å²) in [5, 5.41) is 2.96. The van der Waals surface area contributed by atoms with Gasteiger partial charge >= 0.3 is 0 Å². The number of sulfone groups is 1. The van der Waals surface area contributed by atoms with Crippen molar-refractivity contribution >= 4 is 33.2 Å². The van der Waals surface area contributed by atoms with Gasteiger partial charge in [-0.3, -0.25) is 9.59 Å². The number of carbonyl (C=O) groups excluding carboxylic acids is 1. The number of nitrogens with one attached hydrogen (secondary N) is 2. The highest BCUT2D eigenvalue weighted by Crippen LogP contribution is 2.23. The number of carbonyl (C=O) groups is 1. The van der Waals surface area contributed by atoms with Gasteiger partial charge in [0.1, 0.15) is 0 Å². The third-order valence-electron chi connectivity index (χ3n) is 4.62. The Morgan fingerprint density at radius 2 is 1.90 bits per heavy atom. The molecule has 3 rings (SSSR count). The van der Waals surface area contributed by atoms with E-state index in [1.807, 2.05) is 25.1 Å². The minimum atomic E-state index is -4.01. The lowest BCUT2D eigenvalue weighted by Gasteiger charge is -2.09. The molecule has 9 heteroatoms. The van der Waals surface area contributed by atoms with Crippen LogP contribution in [0.1, 0.15) is 23.6 Å². The molecule has 0 bridgehead atoms. The highest BCUT2D eigenvalue weighted by atomic mass is 32.2. The van der Waals surface area contributed by atoms with Crippen LogP contribution >= 0.6 is 11.8 Å². The molecule has 3 aromatic rings. The first-order valence-electron chi connectivity index (χ1n) is 9.64. The zero-order chi connectivity index (χ0) is 22.6. The fourth-order valence-electron chi connectivity index (χ4n) is 2.95. The maximum atomic E-state index is 12.9. The Labute approximate surface area is 185 Å². The van der Waals surface area contributed by atoms with Crippen LogP contribution in [0.25, 0.3) is 0 Å². The average molecular weight is 458 g/mol. The van der Waals surface area contributed by atoms with Crippen molar-refractivity contribution in [2.75, 3.05) is 11.1 Å². The molecule has 0 aliphatic carbocycles. The van der Waals surface area contributed by atoms with Crippen molar-refractivity contribution in [3.63, 3.8) is 0 Å². The normalized spacial score (nSPS) is 11.3. The number of aromatic nitrogens is 2. The summed E-state index contributed by atoms with van der Waals surface area (Å²) in [5.74, 6) is -0.240. The van der Waals surface area contributed by atoms with Crippen LogP contribution in [0.15, 0.2) is 68.4 Å². The maximum absolute atomic E-state index is 12.9. The Hall–Kier alpha value is -2.91. The number of aryl methyl sites for hydroxylation is 3. The summed E-state index contributed by atoms with van der Waals surface area (Å²) in [5.41, 5.74) is 2.36. The largest absolute Gasteiger partial charge is 0.325 e. The number of rotatable bonds is 7. The number of thioether (sulfide) groups is 1. The van der Waals surface area contributed by atoms with Crippen LogP contribution in [0.3, 0.4) is 0 Å². The predicted octanol–water partition coefficient (Wildman–Crippen LogP) is 3.51. The van der Waals surface area contributed by atoms with E-state index in [1.165, 1.54) is 6.07 Å². The first-order valence-corrected chi connectivity index (χ1v) is 12.1. The second-order valence-corrected chi connectivity index (χ2v) is 9.90. The number of benzene rings is 2. The number of aromatic amines is 1. The quantitative estimate of drug-likeness (QED) is 0.415. The molecular formula is C22H23N3O4S2. The molecule has 7 nitrogen and oxygen atoms in total. The van der Waals surface area contributed by atoms with Crippen molar-refractivity contribution in [3.05, 3.63) is 75.7 Å². The lowest BCUT2D eigenvalue weighted by molar-refractivity contribution is -0.113. The van der Waals surface area contributed by atoms with Gasteiger partial charge < -0.3 is 10.3 Å². The van der Waals surface area contributed by atoms with Crippen LogP contribution in [0, 0.1) is 13.8 Å². The summed E-state index contributed by atoms with van der Waals surface area (Å²) in [6, 6.07) is 12.6. The molecule has 1 aromatic heterocycles. The van der Waals surface area contributed by atoms with Crippen LogP contribution in [-0.2, 0) is 21.1 Å². The van der Waals surface area contributed by atoms with Crippen LogP contribution in [-0.4, -0.2) is 30.0 Å². The van der Waals surface area contributed by atoms with E-state index in [1.54, 1.807) is 32.0 Å². The molecular weight excluding hydrogens is 434 g/mol. The first kappa shape index (κ1) is 22.8. The van der Waals surface area contributed by atoms with E-state index >= 15 is 0 Å². The number of H-pyrrole nitrogens is 1. The van der Waals surface area contributed by atoms with Crippen molar-refractivity contribution in [2.24, 2.45) is 0 Å². The monoisotopic (exact) mass is 457 g/mol. The number of hydrogen-bond acceptors (Lipinski definition) is 6. The van der Waals surface area contributed by atoms with Crippen molar-refractivity contribution in [3.8, 4) is 0 Å². The second-order valence-electron chi connectivity index (χ2n) is 7.04. The molecule has 1 amide bonds. The molecule has 0 aliphatic heterocycles. The highest BCUT2D eigenvalue weighted by Gasteiger charge is 2.24. The predicted molar refractivity (Wildman–Crippen MR) is 121 cm³/mol. The molecule has 2 aromatic carbocycles. The molecule has 162 valence electrons. The van der Waals surface area contributed by atoms with Gasteiger partial charge in [-0.2, -0.15) is 0 Å². The third-order valence-corrected chi connectivity index (χ3v) is 7.40. The summed E-state index contributed by atoms with van der Waals surface area (Å²) in [6.45, 7) is 5.49. The number of amides is 1. The Balaban J connectivity index is 1.73. The van der Waals surface area contributed by atoms with Crippen molar-refractivity contribution in [1.82, 2.24) is 9.97 Å². The number of nitrogens with zero attached hydrogens (tertiary/aromatic N) is 1. The average Bonchev–Trinajstić information content (AvgIpc) is 2.74. The standard InChI is InChI=1S/C22H23N3O4S2/c1-4-16-6-5-7-17(11-16)24-20(26)13-30-22-23-12-19(21(27)25-22)31(28,29)18-10-14(2)8-9-15(18)3/h5-12H,4,13H2,1-3H3,(H,24,26)(H,23,25,27). The third kappa shape index (κ3) is 5.42. The van der Waals surface area contributed by atoms with Crippen LogP contribution in [0.4, 0.5) is 5.69 Å². The Morgan fingerprint density at radius 3 is 2.61 bits per heavy atom. The lowest BCUT2D eigenvalue weighted by Crippen LogP contribution is -2.20. The summed E-state index contributed by atoms with van der Waals surface area (Å²) >= 11 is 1.02. The Bertz CT molecular complexity index is 1280. The molecule has 0 atom stereocenters.